The summed E-state index contributed by atoms with van der Waals surface area (Å²) in [5, 5.41) is 12.7. The van der Waals surface area contributed by atoms with Gasteiger partial charge in [0.15, 0.2) is 5.84 Å². The van der Waals surface area contributed by atoms with Crippen molar-refractivity contribution in [1.82, 2.24) is 0 Å². The lowest BCUT2D eigenvalue weighted by atomic mass is 10.1. The Bertz CT molecular complexity index is 670. The van der Waals surface area contributed by atoms with Crippen molar-refractivity contribution in [2.45, 2.75) is 13.5 Å². The first-order valence-corrected chi connectivity index (χ1v) is 6.93. The molecule has 0 aliphatic rings. The number of benzene rings is 2. The zero-order chi connectivity index (χ0) is 15.4. The quantitative estimate of drug-likeness (QED) is 0.394. The van der Waals surface area contributed by atoms with Gasteiger partial charge in [0.05, 0.1) is 0 Å². The van der Waals surface area contributed by atoms with Crippen molar-refractivity contribution in [3.63, 3.8) is 0 Å². The molecule has 0 aliphatic carbocycles. The molecule has 21 heavy (non-hydrogen) atoms. The number of aryl methyl sites for hydroxylation is 1. The predicted octanol–water partition coefficient (Wildman–Crippen LogP) is 3.38. The van der Waals surface area contributed by atoms with Crippen LogP contribution < -0.4 is 10.6 Å². The number of nitrogens with zero attached hydrogens (tertiary/aromatic N) is 2. The summed E-state index contributed by atoms with van der Waals surface area (Å²) in [6.07, 6.45) is 0. The first kappa shape index (κ1) is 15.2. The summed E-state index contributed by atoms with van der Waals surface area (Å²) in [5.74, 6) is 0.0999. The summed E-state index contributed by atoms with van der Waals surface area (Å²) in [5.41, 5.74) is 9.56. The molecule has 0 saturated heterocycles. The molecule has 0 aliphatic heterocycles. The van der Waals surface area contributed by atoms with E-state index in [1.54, 1.807) is 0 Å². The van der Waals surface area contributed by atoms with Crippen LogP contribution in [0.25, 0.3) is 0 Å². The second-order valence-electron chi connectivity index (χ2n) is 4.99. The second kappa shape index (κ2) is 6.50. The third kappa shape index (κ3) is 3.67. The number of hydrogen-bond acceptors (Lipinski definition) is 3. The van der Waals surface area contributed by atoms with Crippen molar-refractivity contribution in [1.29, 1.82) is 0 Å². The highest BCUT2D eigenvalue weighted by atomic mass is 35.5. The van der Waals surface area contributed by atoms with Crippen LogP contribution in [0.3, 0.4) is 0 Å². The van der Waals surface area contributed by atoms with E-state index < -0.39 is 0 Å². The van der Waals surface area contributed by atoms with Gasteiger partial charge in [0, 0.05) is 29.9 Å². The fourth-order valence-electron chi connectivity index (χ4n) is 2.22. The van der Waals surface area contributed by atoms with Gasteiger partial charge in [0.25, 0.3) is 0 Å². The van der Waals surface area contributed by atoms with E-state index in [-0.39, 0.29) is 5.84 Å². The van der Waals surface area contributed by atoms with E-state index in [9.17, 15) is 0 Å². The second-order valence-corrected chi connectivity index (χ2v) is 5.43. The summed E-state index contributed by atoms with van der Waals surface area (Å²) in [7, 11) is 1.96. The fourth-order valence-corrected chi connectivity index (χ4v) is 2.44. The standard InChI is InChI=1S/C16H18ClN3O/c1-11-6-7-14(16(18)19-21)15(8-11)20(2)10-12-4-3-5-13(17)9-12/h3-9,21H,10H2,1-2H3,(H2,18,19). The Labute approximate surface area is 129 Å². The highest BCUT2D eigenvalue weighted by Crippen LogP contribution is 2.23. The molecule has 2 rings (SSSR count). The number of hydrogen-bond donors (Lipinski definition) is 2. The van der Waals surface area contributed by atoms with Gasteiger partial charge in [-0.25, -0.2) is 0 Å². The molecule has 0 saturated carbocycles. The molecule has 2 aromatic rings. The average Bonchev–Trinajstić information content (AvgIpc) is 2.46. The first-order valence-electron chi connectivity index (χ1n) is 6.55. The maximum Gasteiger partial charge on any atom is 0.172 e. The normalized spacial score (nSPS) is 11.5. The molecular weight excluding hydrogens is 286 g/mol. The number of oxime groups is 1. The molecule has 2 aromatic carbocycles. The van der Waals surface area contributed by atoms with Gasteiger partial charge in [-0.3, -0.25) is 0 Å². The smallest absolute Gasteiger partial charge is 0.172 e. The number of anilines is 1. The molecule has 0 aromatic heterocycles. The molecule has 0 spiro atoms. The maximum absolute atomic E-state index is 8.92. The lowest BCUT2D eigenvalue weighted by Crippen LogP contribution is -2.22. The van der Waals surface area contributed by atoms with Crippen LogP contribution in [0.15, 0.2) is 47.6 Å². The minimum absolute atomic E-state index is 0.0999. The molecular formula is C16H18ClN3O. The third-order valence-corrected chi connectivity index (χ3v) is 3.49. The summed E-state index contributed by atoms with van der Waals surface area (Å²) < 4.78 is 0. The van der Waals surface area contributed by atoms with E-state index >= 15 is 0 Å². The van der Waals surface area contributed by atoms with Crippen LogP contribution in [-0.2, 0) is 6.54 Å². The van der Waals surface area contributed by atoms with E-state index in [4.69, 9.17) is 22.5 Å². The minimum atomic E-state index is 0.0999. The zero-order valence-corrected chi connectivity index (χ0v) is 12.8. The van der Waals surface area contributed by atoms with E-state index in [0.717, 1.165) is 16.8 Å². The largest absolute Gasteiger partial charge is 0.409 e. The molecule has 0 bridgehead atoms. The van der Waals surface area contributed by atoms with Gasteiger partial charge in [-0.15, -0.1) is 0 Å². The van der Waals surface area contributed by atoms with Gasteiger partial charge in [-0.1, -0.05) is 35.0 Å². The summed E-state index contributed by atoms with van der Waals surface area (Å²) in [6.45, 7) is 2.68. The number of amidine groups is 1. The average molecular weight is 304 g/mol. The van der Waals surface area contributed by atoms with E-state index in [1.807, 2.05) is 61.3 Å². The van der Waals surface area contributed by atoms with Crippen molar-refractivity contribution < 1.29 is 5.21 Å². The Morgan fingerprint density at radius 2 is 2.05 bits per heavy atom. The van der Waals surface area contributed by atoms with Crippen LogP contribution >= 0.6 is 11.6 Å². The molecule has 3 N–H and O–H groups in total. The van der Waals surface area contributed by atoms with Gasteiger partial charge >= 0.3 is 0 Å². The van der Waals surface area contributed by atoms with Crippen LogP contribution in [0.1, 0.15) is 16.7 Å². The van der Waals surface area contributed by atoms with E-state index in [2.05, 4.69) is 5.16 Å². The van der Waals surface area contributed by atoms with Crippen LogP contribution in [0, 0.1) is 6.92 Å². The van der Waals surface area contributed by atoms with Crippen molar-refractivity contribution in [3.8, 4) is 0 Å². The molecule has 4 nitrogen and oxygen atoms in total. The Kier molecular flexibility index (Phi) is 4.70. The molecule has 0 unspecified atom stereocenters. The SMILES string of the molecule is Cc1ccc(C(N)=NO)c(N(C)Cc2cccc(Cl)c2)c1. The van der Waals surface area contributed by atoms with Crippen molar-refractivity contribution in [2.24, 2.45) is 10.9 Å². The summed E-state index contributed by atoms with van der Waals surface area (Å²) in [4.78, 5) is 2.05. The van der Waals surface area contributed by atoms with Crippen LogP contribution in [0.4, 0.5) is 5.69 Å². The molecule has 0 radical (unpaired) electrons. The van der Waals surface area contributed by atoms with Crippen molar-refractivity contribution >= 4 is 23.1 Å². The Balaban J connectivity index is 2.34. The minimum Gasteiger partial charge on any atom is -0.409 e. The van der Waals surface area contributed by atoms with E-state index in [0.29, 0.717) is 17.1 Å². The Morgan fingerprint density at radius 1 is 1.29 bits per heavy atom. The number of nitrogens with two attached hydrogens (primary N) is 1. The van der Waals surface area contributed by atoms with Gasteiger partial charge in [-0.05, 0) is 42.3 Å². The lowest BCUT2D eigenvalue weighted by Gasteiger charge is -2.23. The van der Waals surface area contributed by atoms with Crippen LogP contribution in [0.2, 0.25) is 5.02 Å². The van der Waals surface area contributed by atoms with Gasteiger partial charge < -0.3 is 15.8 Å². The van der Waals surface area contributed by atoms with E-state index in [1.165, 1.54) is 0 Å². The first-order chi connectivity index (χ1) is 10.0. The molecule has 5 heteroatoms. The van der Waals surface area contributed by atoms with Crippen LogP contribution in [0.5, 0.6) is 0 Å². The Morgan fingerprint density at radius 3 is 2.71 bits per heavy atom. The number of rotatable bonds is 4. The molecule has 0 atom stereocenters. The zero-order valence-electron chi connectivity index (χ0n) is 12.0. The van der Waals surface area contributed by atoms with Gasteiger partial charge in [-0.2, -0.15) is 0 Å². The maximum atomic E-state index is 8.92. The monoisotopic (exact) mass is 303 g/mol. The summed E-state index contributed by atoms with van der Waals surface area (Å²) >= 11 is 6.01. The molecule has 0 heterocycles. The van der Waals surface area contributed by atoms with Crippen LogP contribution in [-0.4, -0.2) is 18.1 Å². The highest BCUT2D eigenvalue weighted by molar-refractivity contribution is 6.30. The lowest BCUT2D eigenvalue weighted by molar-refractivity contribution is 0.318. The topological polar surface area (TPSA) is 61.9 Å². The van der Waals surface area contributed by atoms with Crippen molar-refractivity contribution in [2.75, 3.05) is 11.9 Å². The fraction of sp³-hybridized carbons (Fsp3) is 0.188. The Hall–Kier alpha value is -2.20. The van der Waals surface area contributed by atoms with Crippen molar-refractivity contribution in [3.05, 3.63) is 64.2 Å². The summed E-state index contributed by atoms with van der Waals surface area (Å²) in [6, 6.07) is 13.5. The predicted molar refractivity (Wildman–Crippen MR) is 87.2 cm³/mol. The molecule has 110 valence electrons. The highest BCUT2D eigenvalue weighted by Gasteiger charge is 2.12. The number of halogens is 1. The van der Waals surface area contributed by atoms with Gasteiger partial charge in [0.2, 0.25) is 0 Å². The molecule has 0 fully saturated rings. The molecule has 0 amide bonds. The third-order valence-electron chi connectivity index (χ3n) is 3.26. The van der Waals surface area contributed by atoms with Gasteiger partial charge in [0.1, 0.15) is 0 Å².